The van der Waals surface area contributed by atoms with Crippen molar-refractivity contribution in [2.24, 2.45) is 0 Å². The van der Waals surface area contributed by atoms with Gasteiger partial charge in [-0.15, -0.1) is 0 Å². The van der Waals surface area contributed by atoms with Crippen LogP contribution < -0.4 is 21.3 Å². The molecule has 10 aliphatic rings. The number of ether oxygens (including phenoxy) is 19. The first-order chi connectivity index (χ1) is 60.9. The fraction of sp³-hybridized carbons (Fsp3) is 0.930. The van der Waals surface area contributed by atoms with Gasteiger partial charge in [-0.2, -0.15) is 0 Å². The molecule has 0 aromatic rings. The summed E-state index contributed by atoms with van der Waals surface area (Å²) in [6, 6.07) is -7.88. The Balaban J connectivity index is 0.955. The van der Waals surface area contributed by atoms with Crippen LogP contribution in [0.2, 0.25) is 0 Å². The molecule has 4 amide bonds. The molecule has 51 atom stereocenters. The number of hydrogen-bond donors (Lipinski definition) is 34. The smallest absolute Gasteiger partial charge is 0.364 e. The zero-order valence-corrected chi connectivity index (χ0v) is 68.9. The van der Waals surface area contributed by atoms with Crippen molar-refractivity contribution in [1.29, 1.82) is 0 Å². The van der Waals surface area contributed by atoms with Crippen LogP contribution in [0.3, 0.4) is 0 Å². The monoisotopic (exact) mass is 1890 g/mol. The van der Waals surface area contributed by atoms with E-state index >= 15 is 0 Å². The average molecular weight is 1890 g/mol. The van der Waals surface area contributed by atoms with Crippen molar-refractivity contribution in [1.82, 2.24) is 21.3 Å². The predicted octanol–water partition coefficient (Wildman–Crippen LogP) is -23.0. The summed E-state index contributed by atoms with van der Waals surface area (Å²) in [7, 11) is 0. The maximum absolute atomic E-state index is 13.3. The topological polar surface area (TPSA) is 916 Å². The van der Waals surface area contributed by atoms with E-state index in [0.717, 1.165) is 20.8 Å². The molecule has 0 unspecified atom stereocenters. The maximum Gasteiger partial charge on any atom is 0.364 e. The molecular formula is C71H118N4O54. The minimum Gasteiger partial charge on any atom is -0.477 e. The standard InChI is InChI=1S/C71H118N4O54/c1-16-35(90)45(100)48(103)64(113-16)112-15-29-55(42(97)32(61(108)114-29)72-17(2)84)122-62-33(73-18(3)85)43(98)53(26(11-81)119-62)123-67-51(106)58(41(96)28(121-67)14-111-65-50(105)57(39(94)24(9-79)115-65)125-66-49(104)46(101)37(92)22(7-77)116-66)126-69-60(47(102)38(93)23(8-78)118-69)127-63-34(74-19(4)86)44(99)54(27(12-82)120-63)124-68-52(107)59(40(95)25(10-80)117-68)129-71(70(109)110)5-20(87)31(75-30(89)13-83)56(128-71)36(91)21(88)6-76/h16,20-29,31-69,76-83,87-88,90-108H,5-15H2,1-4H3,(H,72,84)(H,73,85)(H,74,86)(H,75,89)(H,109,110)/t16-,20+,21-,22-,23-,24-,25-,26-,27-,28-,29-,31-,32-,33-,34-,35+,36-,37-,38-,39-,40+,41-,42-,43-,44-,45+,46+,47+,48-,49+,50+,51+,52-,53-,54-,55-,56-,57+,58+,59+,60+,61+,62+,63+,64+,65+,66-,67+,68+,69-,71+/m1/s1. The van der Waals surface area contributed by atoms with Gasteiger partial charge in [0.1, 0.15) is 238 Å². The molecule has 0 radical (unpaired) electrons. The van der Waals surface area contributed by atoms with E-state index in [4.69, 9.17) is 90.0 Å². The quantitative estimate of drug-likeness (QED) is 0.0280. The summed E-state index contributed by atoms with van der Waals surface area (Å²) in [5, 5.41) is 343. The van der Waals surface area contributed by atoms with Gasteiger partial charge in [0.25, 0.3) is 5.79 Å². The van der Waals surface area contributed by atoms with Gasteiger partial charge < -0.3 is 264 Å². The van der Waals surface area contributed by atoms with Gasteiger partial charge in [-0.1, -0.05) is 0 Å². The molecule has 129 heavy (non-hydrogen) atoms. The summed E-state index contributed by atoms with van der Waals surface area (Å²) in [4.78, 5) is 64.6. The molecule has 0 aromatic carbocycles. The predicted molar refractivity (Wildman–Crippen MR) is 393 cm³/mol. The maximum atomic E-state index is 13.3. The Hall–Kier alpha value is -4.57. The Bertz CT molecular complexity index is 3550. The summed E-state index contributed by atoms with van der Waals surface area (Å²) < 4.78 is 112. The van der Waals surface area contributed by atoms with Crippen LogP contribution in [0.15, 0.2) is 0 Å². The first kappa shape index (κ1) is 106. The molecule has 0 spiro atoms. The van der Waals surface area contributed by atoms with Crippen LogP contribution in [0.4, 0.5) is 0 Å². The minimum absolute atomic E-state index is 0.847. The SMILES string of the molecule is CC(=O)N[C@@H]1[C@@H](O)[C@H](O[C@@H]2O[C@H](CO)[C@@H](O[C@@H]3O[C@H](CO[C@H]4O[C@H](CO)[C@@H](O)[C@H](O[C@H]5O[C@H](CO)[C@@H](O)[C@H](O)[C@@H]5O)[C@@H]4O)[C@@H](O)[C@H](O[C@H]4O[C@H](CO)[C@@H](O)[C@H](O)[C@@H]4O[C@@H]4O[C@H](CO)[C@@H](O[C@@H]5O[C@H](CO)[C@H](O)[C@H](O[C@]6(C(=O)O)C[C@H](O)[C@@H](NC(=O)CO)[C@H]([C@H](O)[C@H](O)CO)O6)[C@H]5O)[C@H](O)[C@H]4NC(C)=O)[C@@H]3O)[C@H](O)[C@H]2NC(C)=O)[C@@H](CO[C@H]2O[C@H](C)[C@H](O)[C@H](O)[C@H]2O)O[C@@H]1O. The summed E-state index contributed by atoms with van der Waals surface area (Å²) in [5.41, 5.74) is 0. The molecule has 0 bridgehead atoms. The van der Waals surface area contributed by atoms with E-state index in [2.05, 4.69) is 21.3 Å². The third-order valence-corrected chi connectivity index (χ3v) is 23.5. The molecule has 10 heterocycles. The van der Waals surface area contributed by atoms with Gasteiger partial charge in [0.2, 0.25) is 23.6 Å². The first-order valence-corrected chi connectivity index (χ1v) is 40.8. The van der Waals surface area contributed by atoms with Crippen LogP contribution in [0.25, 0.3) is 0 Å². The highest BCUT2D eigenvalue weighted by Gasteiger charge is 2.64. The Morgan fingerprint density at radius 2 is 0.713 bits per heavy atom. The summed E-state index contributed by atoms with van der Waals surface area (Å²) in [6.45, 7) is -7.82. The lowest BCUT2D eigenvalue weighted by Crippen LogP contribution is -2.71. The van der Waals surface area contributed by atoms with E-state index in [9.17, 15) is 177 Å². The van der Waals surface area contributed by atoms with Crippen LogP contribution in [-0.4, -0.2) is 561 Å². The normalized spacial score (nSPS) is 48.1. The third-order valence-electron chi connectivity index (χ3n) is 23.5. The molecule has 58 nitrogen and oxygen atoms in total. The van der Waals surface area contributed by atoms with Crippen molar-refractivity contribution >= 4 is 29.6 Å². The number of carbonyl (C=O) groups excluding carboxylic acids is 4. The fourth-order valence-corrected chi connectivity index (χ4v) is 16.5. The van der Waals surface area contributed by atoms with E-state index in [-0.39, 0.29) is 0 Å². The Kier molecular flexibility index (Phi) is 38.0. The molecule has 0 aliphatic carbocycles. The van der Waals surface area contributed by atoms with Gasteiger partial charge in [0.05, 0.1) is 77.7 Å². The Morgan fingerprint density at radius 1 is 0.349 bits per heavy atom. The highest BCUT2D eigenvalue weighted by Crippen LogP contribution is 2.43. The number of amides is 4. The Labute approximate surface area is 728 Å². The summed E-state index contributed by atoms with van der Waals surface area (Å²) in [5.74, 6) is -9.79. The zero-order valence-electron chi connectivity index (χ0n) is 68.9. The van der Waals surface area contributed by atoms with Crippen LogP contribution in [0.5, 0.6) is 0 Å². The molecular weight excluding hydrogens is 1770 g/mol. The lowest BCUT2D eigenvalue weighted by atomic mass is 9.88. The number of nitrogens with one attached hydrogen (secondary N) is 4. The molecule has 10 rings (SSSR count). The first-order valence-electron chi connectivity index (χ1n) is 40.8. The lowest BCUT2D eigenvalue weighted by Gasteiger charge is -2.51. The second-order valence-corrected chi connectivity index (χ2v) is 32.4. The molecule has 58 heteroatoms. The van der Waals surface area contributed by atoms with Gasteiger partial charge in [-0.3, -0.25) is 19.2 Å². The van der Waals surface area contributed by atoms with Gasteiger partial charge >= 0.3 is 5.97 Å². The van der Waals surface area contributed by atoms with E-state index in [1.807, 2.05) is 0 Å². The van der Waals surface area contributed by atoms with Crippen LogP contribution >= 0.6 is 0 Å². The number of aliphatic carboxylic acids is 1. The van der Waals surface area contributed by atoms with Gasteiger partial charge in [0, 0.05) is 27.2 Å². The van der Waals surface area contributed by atoms with Crippen molar-refractivity contribution in [3.8, 4) is 0 Å². The fourth-order valence-electron chi connectivity index (χ4n) is 16.5. The highest BCUT2D eigenvalue weighted by atomic mass is 16.8. The number of aliphatic hydroxyl groups is 29. The second kappa shape index (κ2) is 46.1. The van der Waals surface area contributed by atoms with Crippen LogP contribution in [0.1, 0.15) is 34.1 Å². The third kappa shape index (κ3) is 23.5. The zero-order chi connectivity index (χ0) is 95.3. The molecule has 0 saturated carbocycles. The van der Waals surface area contributed by atoms with E-state index in [1.165, 1.54) is 6.92 Å². The number of carbonyl (C=O) groups is 5. The summed E-state index contributed by atoms with van der Waals surface area (Å²) >= 11 is 0. The minimum atomic E-state index is -3.39. The second-order valence-electron chi connectivity index (χ2n) is 32.4. The molecule has 10 fully saturated rings. The van der Waals surface area contributed by atoms with Crippen molar-refractivity contribution in [2.75, 3.05) is 66.1 Å². The van der Waals surface area contributed by atoms with Crippen molar-refractivity contribution in [3.63, 3.8) is 0 Å². The van der Waals surface area contributed by atoms with Gasteiger partial charge in [-0.25, -0.2) is 4.79 Å². The number of carboxylic acids is 1. The van der Waals surface area contributed by atoms with Crippen LogP contribution in [-0.2, 0) is 114 Å². The average Bonchev–Trinajstić information content (AvgIpc) is 0.692. The summed E-state index contributed by atoms with van der Waals surface area (Å²) in [6.07, 6.45) is -101. The number of hydrogen-bond acceptors (Lipinski definition) is 53. The van der Waals surface area contributed by atoms with Crippen LogP contribution in [0, 0.1) is 0 Å². The molecule has 10 saturated heterocycles. The van der Waals surface area contributed by atoms with Crippen molar-refractivity contribution in [3.05, 3.63) is 0 Å². The van der Waals surface area contributed by atoms with E-state index < -0.39 is 414 Å². The van der Waals surface area contributed by atoms with Gasteiger partial charge in [-0.05, 0) is 6.92 Å². The number of aliphatic hydroxyl groups excluding tert-OH is 29. The molecule has 34 N–H and O–H groups in total. The molecule has 0 aromatic heterocycles. The van der Waals surface area contributed by atoms with Gasteiger partial charge in [0.15, 0.2) is 56.6 Å². The lowest BCUT2D eigenvalue weighted by molar-refractivity contribution is -0.400. The largest absolute Gasteiger partial charge is 0.477 e. The van der Waals surface area contributed by atoms with E-state index in [1.54, 1.807) is 0 Å². The van der Waals surface area contributed by atoms with Crippen molar-refractivity contribution in [2.45, 2.75) is 347 Å². The number of carboxylic acid groups (broad SMARTS) is 1. The highest BCUT2D eigenvalue weighted by molar-refractivity contribution is 5.78. The molecule has 746 valence electrons. The van der Waals surface area contributed by atoms with Crippen molar-refractivity contribution < 1.29 is 267 Å². The van der Waals surface area contributed by atoms with E-state index in [0.29, 0.717) is 0 Å². The Morgan fingerprint density at radius 3 is 1.21 bits per heavy atom. The number of rotatable bonds is 35. The molecule has 10 aliphatic heterocycles.